The Hall–Kier alpha value is -2.93. The average Bonchev–Trinajstić information content (AvgIpc) is 3.04. The van der Waals surface area contributed by atoms with Crippen LogP contribution in [0.1, 0.15) is 26.8 Å². The largest absolute Gasteiger partial charge is 0.487 e. The molecule has 0 unspecified atom stereocenters. The van der Waals surface area contributed by atoms with Crippen molar-refractivity contribution in [1.29, 1.82) is 0 Å². The number of aliphatic imine (C=N–C) groups is 1. The Bertz CT molecular complexity index is 924. The third-order valence-electron chi connectivity index (χ3n) is 4.11. The minimum absolute atomic E-state index is 0.453. The van der Waals surface area contributed by atoms with E-state index in [1.54, 1.807) is 24.6 Å². The lowest BCUT2D eigenvalue weighted by Gasteiger charge is -2.12. The molecule has 0 aliphatic carbocycles. The van der Waals surface area contributed by atoms with E-state index < -0.39 is 0 Å². The highest BCUT2D eigenvalue weighted by molar-refractivity contribution is 7.11. The van der Waals surface area contributed by atoms with E-state index in [-0.39, 0.29) is 0 Å². The molecule has 2 aromatic heterocycles. The van der Waals surface area contributed by atoms with Crippen LogP contribution in [0.4, 0.5) is 0 Å². The molecule has 7 heteroatoms. The molecule has 0 aliphatic rings. The maximum Gasteiger partial charge on any atom is 0.191 e. The van der Waals surface area contributed by atoms with Gasteiger partial charge in [-0.3, -0.25) is 9.98 Å². The lowest BCUT2D eigenvalue weighted by atomic mass is 10.2. The number of nitrogens with one attached hydrogen (secondary N) is 2. The van der Waals surface area contributed by atoms with Crippen LogP contribution >= 0.6 is 11.3 Å². The van der Waals surface area contributed by atoms with E-state index in [1.807, 2.05) is 50.2 Å². The van der Waals surface area contributed by atoms with Crippen LogP contribution in [0.25, 0.3) is 0 Å². The van der Waals surface area contributed by atoms with Crippen LogP contribution in [0.2, 0.25) is 0 Å². The number of nitrogens with zero attached hydrogens (tertiary/aromatic N) is 3. The minimum Gasteiger partial charge on any atom is -0.487 e. The van der Waals surface area contributed by atoms with Crippen LogP contribution in [-0.2, 0) is 19.7 Å². The second-order valence-corrected chi connectivity index (χ2v) is 7.57. The number of pyridine rings is 1. The van der Waals surface area contributed by atoms with Gasteiger partial charge in [-0.25, -0.2) is 4.98 Å². The second kappa shape index (κ2) is 9.85. The lowest BCUT2D eigenvalue weighted by Crippen LogP contribution is -2.36. The van der Waals surface area contributed by atoms with Crippen molar-refractivity contribution in [1.82, 2.24) is 20.6 Å². The van der Waals surface area contributed by atoms with Crippen molar-refractivity contribution in [3.8, 4) is 5.75 Å². The van der Waals surface area contributed by atoms with Gasteiger partial charge in [-0.1, -0.05) is 18.2 Å². The van der Waals surface area contributed by atoms with Crippen LogP contribution in [-0.4, -0.2) is 23.0 Å². The molecular formula is C21H25N5OS. The molecule has 0 bridgehead atoms. The van der Waals surface area contributed by atoms with Gasteiger partial charge >= 0.3 is 0 Å². The van der Waals surface area contributed by atoms with Gasteiger partial charge in [0.1, 0.15) is 12.4 Å². The number of hydrogen-bond acceptors (Lipinski definition) is 5. The first-order valence-electron chi connectivity index (χ1n) is 9.13. The van der Waals surface area contributed by atoms with E-state index in [0.29, 0.717) is 19.7 Å². The summed E-state index contributed by atoms with van der Waals surface area (Å²) in [7, 11) is 1.77. The molecule has 0 amide bonds. The Morgan fingerprint density at radius 3 is 2.68 bits per heavy atom. The molecule has 0 aliphatic heterocycles. The van der Waals surface area contributed by atoms with Crippen molar-refractivity contribution in [3.63, 3.8) is 0 Å². The van der Waals surface area contributed by atoms with Crippen LogP contribution < -0.4 is 15.4 Å². The number of benzene rings is 1. The normalized spacial score (nSPS) is 11.3. The van der Waals surface area contributed by atoms with E-state index in [2.05, 4.69) is 31.7 Å². The molecule has 2 N–H and O–H groups in total. The van der Waals surface area contributed by atoms with Crippen molar-refractivity contribution in [3.05, 3.63) is 75.5 Å². The summed E-state index contributed by atoms with van der Waals surface area (Å²) in [6.07, 6.45) is 1.77. The summed E-state index contributed by atoms with van der Waals surface area (Å²) in [4.78, 5) is 14.3. The lowest BCUT2D eigenvalue weighted by molar-refractivity contribution is 0.301. The number of guanidine groups is 1. The minimum atomic E-state index is 0.453. The fraction of sp³-hybridized carbons (Fsp3) is 0.286. The second-order valence-electron chi connectivity index (χ2n) is 6.28. The Labute approximate surface area is 169 Å². The molecule has 0 radical (unpaired) electrons. The van der Waals surface area contributed by atoms with Crippen LogP contribution in [0.15, 0.2) is 53.7 Å². The van der Waals surface area contributed by atoms with E-state index in [0.717, 1.165) is 33.7 Å². The summed E-state index contributed by atoms with van der Waals surface area (Å²) in [6, 6.07) is 13.8. The maximum absolute atomic E-state index is 5.84. The molecule has 3 rings (SSSR count). The monoisotopic (exact) mass is 395 g/mol. The molecule has 1 aromatic carbocycles. The van der Waals surface area contributed by atoms with Crippen molar-refractivity contribution in [2.24, 2.45) is 4.99 Å². The Kier molecular flexibility index (Phi) is 6.97. The van der Waals surface area contributed by atoms with E-state index in [4.69, 9.17) is 4.74 Å². The highest BCUT2D eigenvalue weighted by Gasteiger charge is 2.06. The summed E-state index contributed by atoms with van der Waals surface area (Å²) < 4.78 is 5.84. The van der Waals surface area contributed by atoms with Crippen molar-refractivity contribution in [2.75, 3.05) is 7.05 Å². The topological polar surface area (TPSA) is 71.4 Å². The van der Waals surface area contributed by atoms with Crippen molar-refractivity contribution in [2.45, 2.75) is 33.5 Å². The van der Waals surface area contributed by atoms with Crippen LogP contribution in [0.3, 0.4) is 0 Å². The van der Waals surface area contributed by atoms with Gasteiger partial charge in [0, 0.05) is 24.7 Å². The van der Waals surface area contributed by atoms with Gasteiger partial charge in [0.05, 0.1) is 22.9 Å². The zero-order valence-corrected chi connectivity index (χ0v) is 17.2. The van der Waals surface area contributed by atoms with E-state index in [9.17, 15) is 0 Å². The number of thiazole rings is 1. The predicted octanol–water partition coefficient (Wildman–Crippen LogP) is 3.60. The maximum atomic E-state index is 5.84. The smallest absolute Gasteiger partial charge is 0.191 e. The molecule has 146 valence electrons. The van der Waals surface area contributed by atoms with Gasteiger partial charge in [0.25, 0.3) is 0 Å². The van der Waals surface area contributed by atoms with Crippen molar-refractivity contribution >= 4 is 17.3 Å². The van der Waals surface area contributed by atoms with Crippen molar-refractivity contribution < 1.29 is 4.74 Å². The van der Waals surface area contributed by atoms with Gasteiger partial charge < -0.3 is 15.4 Å². The summed E-state index contributed by atoms with van der Waals surface area (Å²) in [6.45, 7) is 5.88. The molecular weight excluding hydrogens is 370 g/mol. The van der Waals surface area contributed by atoms with Crippen LogP contribution in [0, 0.1) is 13.8 Å². The van der Waals surface area contributed by atoms with E-state index in [1.165, 1.54) is 4.88 Å². The fourth-order valence-corrected chi connectivity index (χ4v) is 3.57. The molecule has 0 saturated heterocycles. The Balaban J connectivity index is 1.50. The summed E-state index contributed by atoms with van der Waals surface area (Å²) >= 11 is 1.71. The predicted molar refractivity (Wildman–Crippen MR) is 114 cm³/mol. The van der Waals surface area contributed by atoms with E-state index >= 15 is 0 Å². The Morgan fingerprint density at radius 1 is 1.11 bits per heavy atom. The zero-order valence-electron chi connectivity index (χ0n) is 16.4. The first kappa shape index (κ1) is 19.8. The Morgan fingerprint density at radius 2 is 1.96 bits per heavy atom. The van der Waals surface area contributed by atoms with Gasteiger partial charge in [-0.15, -0.1) is 11.3 Å². The molecule has 0 spiro atoms. The number of hydrogen-bond donors (Lipinski definition) is 2. The molecule has 3 aromatic rings. The number of aromatic nitrogens is 2. The quantitative estimate of drug-likeness (QED) is 0.472. The third-order valence-corrected chi connectivity index (χ3v) is 5.18. The average molecular weight is 396 g/mol. The number of rotatable bonds is 7. The van der Waals surface area contributed by atoms with Gasteiger partial charge in [-0.2, -0.15) is 0 Å². The van der Waals surface area contributed by atoms with Gasteiger partial charge in [0.2, 0.25) is 0 Å². The number of ether oxygens (including phenoxy) is 1. The third kappa shape index (κ3) is 5.79. The molecule has 2 heterocycles. The SMILES string of the molecule is CN=C(NCc1cccc(OCc2ccccn2)c1)NCc1sc(C)nc1C. The first-order chi connectivity index (χ1) is 13.6. The molecule has 0 saturated carbocycles. The molecule has 6 nitrogen and oxygen atoms in total. The summed E-state index contributed by atoms with van der Waals surface area (Å²) in [5.41, 5.74) is 3.10. The molecule has 0 atom stereocenters. The molecule has 0 fully saturated rings. The van der Waals surface area contributed by atoms with Gasteiger partial charge in [0.15, 0.2) is 5.96 Å². The number of aryl methyl sites for hydroxylation is 2. The first-order valence-corrected chi connectivity index (χ1v) is 9.95. The molecule has 28 heavy (non-hydrogen) atoms. The van der Waals surface area contributed by atoms with Crippen LogP contribution in [0.5, 0.6) is 5.75 Å². The van der Waals surface area contributed by atoms with Gasteiger partial charge in [-0.05, 0) is 43.7 Å². The summed E-state index contributed by atoms with van der Waals surface area (Å²) in [5, 5.41) is 7.76. The highest BCUT2D eigenvalue weighted by atomic mass is 32.1. The zero-order chi connectivity index (χ0) is 19.8. The standard InChI is InChI=1S/C21H25N5OS/c1-15-20(28-16(2)26-15)13-25-21(22-3)24-12-17-7-6-9-19(11-17)27-14-18-8-4-5-10-23-18/h4-11H,12-14H2,1-3H3,(H2,22,24,25). The highest BCUT2D eigenvalue weighted by Crippen LogP contribution is 2.17. The summed E-state index contributed by atoms with van der Waals surface area (Å²) in [5.74, 6) is 1.58. The fourth-order valence-electron chi connectivity index (χ4n) is 2.69.